The van der Waals surface area contributed by atoms with E-state index in [4.69, 9.17) is 9.47 Å². The standard InChI is InChI=1S/C14H18BrNO2/c15-11-1-4-14(18-13-5-6-17-9-13)10(7-11)8-16-12-2-3-12/h1,4,7,12-13,16H,2-3,5-6,8-9H2. The zero-order valence-electron chi connectivity index (χ0n) is 10.3. The van der Waals surface area contributed by atoms with Crippen molar-refractivity contribution in [1.29, 1.82) is 0 Å². The molecule has 0 radical (unpaired) electrons. The lowest BCUT2D eigenvalue weighted by molar-refractivity contribution is 0.140. The molecule has 18 heavy (non-hydrogen) atoms. The van der Waals surface area contributed by atoms with E-state index in [2.05, 4.69) is 27.3 Å². The van der Waals surface area contributed by atoms with Crippen LogP contribution in [-0.2, 0) is 11.3 Å². The second-order valence-corrected chi connectivity index (χ2v) is 5.93. The minimum atomic E-state index is 0.214. The highest BCUT2D eigenvalue weighted by atomic mass is 79.9. The van der Waals surface area contributed by atoms with Crippen LogP contribution in [0.25, 0.3) is 0 Å². The number of nitrogens with one attached hydrogen (secondary N) is 1. The van der Waals surface area contributed by atoms with Crippen LogP contribution in [0.3, 0.4) is 0 Å². The summed E-state index contributed by atoms with van der Waals surface area (Å²) in [7, 11) is 0. The van der Waals surface area contributed by atoms with Crippen LogP contribution in [0, 0.1) is 0 Å². The fraction of sp³-hybridized carbons (Fsp3) is 0.571. The van der Waals surface area contributed by atoms with Gasteiger partial charge in [-0.05, 0) is 31.0 Å². The third-order valence-electron chi connectivity index (χ3n) is 3.36. The molecule has 1 aliphatic heterocycles. The fourth-order valence-electron chi connectivity index (χ4n) is 2.13. The fourth-order valence-corrected chi connectivity index (χ4v) is 2.54. The van der Waals surface area contributed by atoms with Gasteiger partial charge in [-0.25, -0.2) is 0 Å². The van der Waals surface area contributed by atoms with Gasteiger partial charge in [0.05, 0.1) is 13.2 Å². The Kier molecular flexibility index (Phi) is 3.87. The lowest BCUT2D eigenvalue weighted by atomic mass is 10.2. The Balaban J connectivity index is 1.69. The van der Waals surface area contributed by atoms with Crippen LogP contribution < -0.4 is 10.1 Å². The number of rotatable bonds is 5. The van der Waals surface area contributed by atoms with Crippen LogP contribution in [0.1, 0.15) is 24.8 Å². The van der Waals surface area contributed by atoms with Crippen molar-refractivity contribution in [2.24, 2.45) is 0 Å². The van der Waals surface area contributed by atoms with Gasteiger partial charge in [-0.15, -0.1) is 0 Å². The van der Waals surface area contributed by atoms with Crippen molar-refractivity contribution in [3.63, 3.8) is 0 Å². The SMILES string of the molecule is Brc1ccc(OC2CCOC2)c(CNC2CC2)c1. The molecule has 1 N–H and O–H groups in total. The molecule has 0 amide bonds. The third kappa shape index (κ3) is 3.25. The summed E-state index contributed by atoms with van der Waals surface area (Å²) in [4.78, 5) is 0. The van der Waals surface area contributed by atoms with Crippen LogP contribution in [0.4, 0.5) is 0 Å². The highest BCUT2D eigenvalue weighted by Crippen LogP contribution is 2.27. The Hall–Kier alpha value is -0.580. The van der Waals surface area contributed by atoms with Crippen LogP contribution in [-0.4, -0.2) is 25.4 Å². The van der Waals surface area contributed by atoms with Crippen LogP contribution in [0.15, 0.2) is 22.7 Å². The first-order valence-corrected chi connectivity index (χ1v) is 7.37. The Labute approximate surface area is 116 Å². The molecule has 2 fully saturated rings. The molecule has 2 aliphatic rings. The van der Waals surface area contributed by atoms with E-state index in [1.165, 1.54) is 18.4 Å². The van der Waals surface area contributed by atoms with Gasteiger partial charge in [-0.1, -0.05) is 15.9 Å². The van der Waals surface area contributed by atoms with E-state index in [9.17, 15) is 0 Å². The highest BCUT2D eigenvalue weighted by molar-refractivity contribution is 9.10. The normalized spacial score (nSPS) is 23.3. The average molecular weight is 312 g/mol. The van der Waals surface area contributed by atoms with Crippen molar-refractivity contribution in [3.05, 3.63) is 28.2 Å². The van der Waals surface area contributed by atoms with Crippen molar-refractivity contribution >= 4 is 15.9 Å². The summed E-state index contributed by atoms with van der Waals surface area (Å²) in [6.07, 6.45) is 3.82. The monoisotopic (exact) mass is 311 g/mol. The number of benzene rings is 1. The first-order chi connectivity index (χ1) is 8.81. The molecule has 0 bridgehead atoms. The Morgan fingerprint density at radius 2 is 2.22 bits per heavy atom. The molecule has 0 aromatic heterocycles. The second kappa shape index (κ2) is 5.59. The summed E-state index contributed by atoms with van der Waals surface area (Å²) < 4.78 is 12.5. The van der Waals surface area contributed by atoms with Gasteiger partial charge in [0.15, 0.2) is 0 Å². The lowest BCUT2D eigenvalue weighted by Crippen LogP contribution is -2.19. The summed E-state index contributed by atoms with van der Waals surface area (Å²) in [6.45, 7) is 2.41. The molecule has 1 aromatic rings. The second-order valence-electron chi connectivity index (χ2n) is 5.01. The number of hydrogen-bond donors (Lipinski definition) is 1. The maximum atomic E-state index is 6.03. The van der Waals surface area contributed by atoms with Crippen molar-refractivity contribution in [2.45, 2.75) is 38.0 Å². The van der Waals surface area contributed by atoms with Crippen molar-refractivity contribution in [3.8, 4) is 5.75 Å². The van der Waals surface area contributed by atoms with Gasteiger partial charge in [-0.3, -0.25) is 0 Å². The maximum Gasteiger partial charge on any atom is 0.124 e. The van der Waals surface area contributed by atoms with Gasteiger partial charge in [0.25, 0.3) is 0 Å². The molecule has 1 saturated carbocycles. The van der Waals surface area contributed by atoms with Crippen molar-refractivity contribution in [1.82, 2.24) is 5.32 Å². The third-order valence-corrected chi connectivity index (χ3v) is 3.86. The minimum Gasteiger partial charge on any atom is -0.488 e. The summed E-state index contributed by atoms with van der Waals surface area (Å²) in [6, 6.07) is 6.94. The summed E-state index contributed by atoms with van der Waals surface area (Å²) in [5.74, 6) is 0.988. The molecule has 1 aromatic carbocycles. The summed E-state index contributed by atoms with van der Waals surface area (Å²) in [5, 5.41) is 3.53. The predicted molar refractivity (Wildman–Crippen MR) is 73.9 cm³/mol. The topological polar surface area (TPSA) is 30.5 Å². The maximum absolute atomic E-state index is 6.03. The number of halogens is 1. The lowest BCUT2D eigenvalue weighted by Gasteiger charge is -2.16. The molecule has 1 heterocycles. The summed E-state index contributed by atoms with van der Waals surface area (Å²) in [5.41, 5.74) is 1.23. The molecular formula is C14H18BrNO2. The smallest absolute Gasteiger partial charge is 0.124 e. The molecular weight excluding hydrogens is 294 g/mol. The average Bonchev–Trinajstić information content (AvgIpc) is 3.06. The van der Waals surface area contributed by atoms with Crippen LogP contribution in [0.5, 0.6) is 5.75 Å². The molecule has 4 heteroatoms. The van der Waals surface area contributed by atoms with E-state index in [1.54, 1.807) is 0 Å². The van der Waals surface area contributed by atoms with E-state index in [0.29, 0.717) is 12.6 Å². The van der Waals surface area contributed by atoms with E-state index >= 15 is 0 Å². The van der Waals surface area contributed by atoms with Crippen molar-refractivity contribution < 1.29 is 9.47 Å². The summed E-state index contributed by atoms with van der Waals surface area (Å²) >= 11 is 3.52. The zero-order chi connectivity index (χ0) is 12.4. The van der Waals surface area contributed by atoms with E-state index in [1.807, 2.05) is 12.1 Å². The number of hydrogen-bond acceptors (Lipinski definition) is 3. The van der Waals surface area contributed by atoms with E-state index in [-0.39, 0.29) is 6.10 Å². The first-order valence-electron chi connectivity index (χ1n) is 6.57. The molecule has 3 rings (SSSR count). The Morgan fingerprint density at radius 1 is 1.33 bits per heavy atom. The molecule has 1 atom stereocenters. The molecule has 1 saturated heterocycles. The molecule has 1 unspecified atom stereocenters. The highest BCUT2D eigenvalue weighted by Gasteiger charge is 2.22. The van der Waals surface area contributed by atoms with Crippen LogP contribution in [0.2, 0.25) is 0 Å². The minimum absolute atomic E-state index is 0.214. The van der Waals surface area contributed by atoms with Crippen LogP contribution >= 0.6 is 15.9 Å². The molecule has 0 spiro atoms. The Bertz CT molecular complexity index is 414. The van der Waals surface area contributed by atoms with Gasteiger partial charge in [0.1, 0.15) is 11.9 Å². The molecule has 98 valence electrons. The van der Waals surface area contributed by atoms with Gasteiger partial charge in [0.2, 0.25) is 0 Å². The van der Waals surface area contributed by atoms with E-state index < -0.39 is 0 Å². The predicted octanol–water partition coefficient (Wildman–Crippen LogP) is 2.87. The van der Waals surface area contributed by atoms with E-state index in [0.717, 1.165) is 29.8 Å². The van der Waals surface area contributed by atoms with Gasteiger partial charge in [-0.2, -0.15) is 0 Å². The largest absolute Gasteiger partial charge is 0.488 e. The van der Waals surface area contributed by atoms with Gasteiger partial charge >= 0.3 is 0 Å². The first kappa shape index (κ1) is 12.5. The molecule has 3 nitrogen and oxygen atoms in total. The zero-order valence-corrected chi connectivity index (χ0v) is 11.9. The van der Waals surface area contributed by atoms with Gasteiger partial charge in [0, 0.05) is 29.0 Å². The Morgan fingerprint density at radius 3 is 2.94 bits per heavy atom. The quantitative estimate of drug-likeness (QED) is 0.907. The van der Waals surface area contributed by atoms with Gasteiger partial charge < -0.3 is 14.8 Å². The van der Waals surface area contributed by atoms with Crippen molar-refractivity contribution in [2.75, 3.05) is 13.2 Å². The molecule has 1 aliphatic carbocycles. The number of ether oxygens (including phenoxy) is 2.